The van der Waals surface area contributed by atoms with Crippen LogP contribution in [0.25, 0.3) is 10.9 Å². The molecule has 6 rings (SSSR count). The Kier molecular flexibility index (Phi) is 6.86. The molecule has 2 heterocycles. The van der Waals surface area contributed by atoms with Crippen LogP contribution in [0.2, 0.25) is 0 Å². The Balaban J connectivity index is 1.15. The predicted molar refractivity (Wildman–Crippen MR) is 151 cm³/mol. The Labute approximate surface area is 236 Å². The fraction of sp³-hybridized carbons (Fsp3) is 0.250. The van der Waals surface area contributed by atoms with Crippen molar-refractivity contribution in [1.82, 2.24) is 10.3 Å². The number of fused-ring (bicyclic) bond motifs is 1. The molecular formula is C32H28FN3O5. The highest BCUT2D eigenvalue weighted by Crippen LogP contribution is 2.49. The van der Waals surface area contributed by atoms with Gasteiger partial charge in [-0.1, -0.05) is 24.3 Å². The number of ketones is 2. The molecule has 0 bridgehead atoms. The Morgan fingerprint density at radius 3 is 2.20 bits per heavy atom. The molecule has 2 amide bonds. The number of hydrogen-bond acceptors (Lipinski definition) is 6. The van der Waals surface area contributed by atoms with Gasteiger partial charge in [-0.05, 0) is 66.4 Å². The molecule has 2 fully saturated rings. The Morgan fingerprint density at radius 2 is 1.61 bits per heavy atom. The third kappa shape index (κ3) is 5.23. The topological polar surface area (TPSA) is 97.8 Å². The summed E-state index contributed by atoms with van der Waals surface area (Å²) in [5.74, 6) is 1.12. The fourth-order valence-electron chi connectivity index (χ4n) is 5.25. The lowest BCUT2D eigenvalue weighted by Gasteiger charge is -2.19. The van der Waals surface area contributed by atoms with E-state index in [4.69, 9.17) is 9.47 Å². The molecule has 0 spiro atoms. The standard InChI is InChI=1S/C32H28FN3O5/c1-40-28-18-24-25(19-26(28)36-15-14-35-31(36)39)34-13-10-27(24)41-23-8-4-21(5-9-23)17-30(38)32(11-12-32)29(37)16-20-2-6-22(33)7-3-20/h2-10,13,18-19H,11-12,14-17H2,1H3,(H,35,39). The average molecular weight is 554 g/mol. The van der Waals surface area contributed by atoms with Crippen LogP contribution in [0.4, 0.5) is 14.9 Å². The maximum absolute atomic E-state index is 13.2. The van der Waals surface area contributed by atoms with Gasteiger partial charge < -0.3 is 14.8 Å². The molecule has 1 aliphatic carbocycles. The van der Waals surface area contributed by atoms with Gasteiger partial charge in [-0.3, -0.25) is 19.5 Å². The Bertz CT molecular complexity index is 1650. The molecule has 3 aromatic carbocycles. The van der Waals surface area contributed by atoms with Gasteiger partial charge >= 0.3 is 6.03 Å². The lowest BCUT2D eigenvalue weighted by Crippen LogP contribution is -2.28. The molecule has 1 aromatic heterocycles. The van der Waals surface area contributed by atoms with Crippen LogP contribution >= 0.6 is 0 Å². The molecule has 1 aliphatic heterocycles. The highest BCUT2D eigenvalue weighted by molar-refractivity contribution is 6.11. The van der Waals surface area contributed by atoms with Crippen molar-refractivity contribution in [3.05, 3.63) is 89.9 Å². The van der Waals surface area contributed by atoms with Crippen LogP contribution in [0.1, 0.15) is 24.0 Å². The third-order valence-corrected chi connectivity index (χ3v) is 7.76. The van der Waals surface area contributed by atoms with E-state index in [-0.39, 0.29) is 36.3 Å². The van der Waals surface area contributed by atoms with E-state index in [0.29, 0.717) is 59.9 Å². The number of ether oxygens (including phenoxy) is 2. The van der Waals surface area contributed by atoms with Crippen LogP contribution in [-0.2, 0) is 22.4 Å². The van der Waals surface area contributed by atoms with Gasteiger partial charge in [-0.15, -0.1) is 0 Å². The van der Waals surface area contributed by atoms with Gasteiger partial charge in [0.05, 0.1) is 23.7 Å². The van der Waals surface area contributed by atoms with Gasteiger partial charge in [-0.25, -0.2) is 9.18 Å². The largest absolute Gasteiger partial charge is 0.495 e. The SMILES string of the molecule is COc1cc2c(Oc3ccc(CC(=O)C4(C(=O)Cc5ccc(F)cc5)CC4)cc3)ccnc2cc1N1CCNC1=O. The number of nitrogens with one attached hydrogen (secondary N) is 1. The zero-order chi connectivity index (χ0) is 28.6. The average Bonchev–Trinajstić information content (AvgIpc) is 3.69. The summed E-state index contributed by atoms with van der Waals surface area (Å²) >= 11 is 0. The van der Waals surface area contributed by atoms with Crippen LogP contribution in [-0.4, -0.2) is 42.8 Å². The summed E-state index contributed by atoms with van der Waals surface area (Å²) in [5, 5.41) is 3.52. The minimum absolute atomic E-state index is 0.0898. The number of Topliss-reactive ketones (excluding diaryl/α,β-unsaturated/α-hetero) is 2. The highest BCUT2D eigenvalue weighted by atomic mass is 19.1. The molecular weight excluding hydrogens is 525 g/mol. The number of methoxy groups -OCH3 is 1. The minimum atomic E-state index is -0.937. The zero-order valence-corrected chi connectivity index (χ0v) is 22.5. The number of urea groups is 1. The van der Waals surface area contributed by atoms with Crippen molar-refractivity contribution < 1.29 is 28.2 Å². The first-order valence-corrected chi connectivity index (χ1v) is 13.5. The number of carbonyl (C=O) groups excluding carboxylic acids is 3. The normalized spacial score (nSPS) is 15.5. The van der Waals surface area contributed by atoms with Crippen LogP contribution < -0.4 is 19.7 Å². The molecule has 0 atom stereocenters. The maximum atomic E-state index is 13.2. The number of hydrogen-bond donors (Lipinski definition) is 1. The fourth-order valence-corrected chi connectivity index (χ4v) is 5.25. The first-order valence-electron chi connectivity index (χ1n) is 13.5. The minimum Gasteiger partial charge on any atom is -0.495 e. The first-order chi connectivity index (χ1) is 19.9. The van der Waals surface area contributed by atoms with Crippen molar-refractivity contribution in [3.63, 3.8) is 0 Å². The van der Waals surface area contributed by atoms with Crippen molar-refractivity contribution in [1.29, 1.82) is 0 Å². The van der Waals surface area contributed by atoms with E-state index < -0.39 is 5.41 Å². The van der Waals surface area contributed by atoms with Crippen molar-refractivity contribution >= 4 is 34.2 Å². The summed E-state index contributed by atoms with van der Waals surface area (Å²) in [6.07, 6.45) is 3.02. The number of carbonyl (C=O) groups is 3. The van der Waals surface area contributed by atoms with E-state index in [1.807, 2.05) is 24.3 Å². The molecule has 9 heteroatoms. The number of halogens is 1. The van der Waals surface area contributed by atoms with Crippen molar-refractivity contribution in [3.8, 4) is 17.2 Å². The van der Waals surface area contributed by atoms with Crippen molar-refractivity contribution in [2.24, 2.45) is 5.41 Å². The van der Waals surface area contributed by atoms with Gasteiger partial charge in [0.25, 0.3) is 0 Å². The molecule has 4 aromatic rings. The van der Waals surface area contributed by atoms with Crippen LogP contribution in [0, 0.1) is 11.2 Å². The first kappa shape index (κ1) is 26.4. The summed E-state index contributed by atoms with van der Waals surface area (Å²) in [5.41, 5.74) is 1.85. The molecule has 8 nitrogen and oxygen atoms in total. The van der Waals surface area contributed by atoms with Crippen LogP contribution in [0.15, 0.2) is 72.9 Å². The van der Waals surface area contributed by atoms with E-state index in [9.17, 15) is 18.8 Å². The van der Waals surface area contributed by atoms with Gasteiger partial charge in [-0.2, -0.15) is 0 Å². The summed E-state index contributed by atoms with van der Waals surface area (Å²) in [6.45, 7) is 1.10. The van der Waals surface area contributed by atoms with Crippen LogP contribution in [0.5, 0.6) is 17.2 Å². The second-order valence-electron chi connectivity index (χ2n) is 10.4. The highest BCUT2D eigenvalue weighted by Gasteiger charge is 2.54. The molecule has 1 saturated heterocycles. The Morgan fingerprint density at radius 1 is 0.951 bits per heavy atom. The summed E-state index contributed by atoms with van der Waals surface area (Å²) in [4.78, 5) is 44.4. The molecule has 0 unspecified atom stereocenters. The Hall–Kier alpha value is -4.79. The molecule has 2 aliphatic rings. The quantitative estimate of drug-likeness (QED) is 0.264. The monoisotopic (exact) mass is 553 g/mol. The van der Waals surface area contributed by atoms with E-state index in [1.54, 1.807) is 48.5 Å². The van der Waals surface area contributed by atoms with E-state index in [1.165, 1.54) is 12.1 Å². The summed E-state index contributed by atoms with van der Waals surface area (Å²) in [6, 6.07) is 18.2. The molecule has 208 valence electrons. The molecule has 0 radical (unpaired) electrons. The van der Waals surface area contributed by atoms with Crippen LogP contribution in [0.3, 0.4) is 0 Å². The maximum Gasteiger partial charge on any atom is 0.322 e. The van der Waals surface area contributed by atoms with Crippen molar-refractivity contribution in [2.75, 3.05) is 25.1 Å². The van der Waals surface area contributed by atoms with E-state index in [2.05, 4.69) is 10.3 Å². The number of rotatable bonds is 10. The number of aromatic nitrogens is 1. The number of benzene rings is 3. The van der Waals surface area contributed by atoms with Gasteiger partial charge in [0.1, 0.15) is 23.1 Å². The van der Waals surface area contributed by atoms with Gasteiger partial charge in [0, 0.05) is 37.5 Å². The summed E-state index contributed by atoms with van der Waals surface area (Å²) in [7, 11) is 1.55. The van der Waals surface area contributed by atoms with Crippen molar-refractivity contribution in [2.45, 2.75) is 25.7 Å². The lowest BCUT2D eigenvalue weighted by atomic mass is 9.88. The second-order valence-corrected chi connectivity index (χ2v) is 10.4. The van der Waals surface area contributed by atoms with Gasteiger partial charge in [0.15, 0.2) is 11.6 Å². The number of amides is 2. The molecule has 1 N–H and O–H groups in total. The third-order valence-electron chi connectivity index (χ3n) is 7.76. The second kappa shape index (κ2) is 10.6. The predicted octanol–water partition coefficient (Wildman–Crippen LogP) is 5.41. The lowest BCUT2D eigenvalue weighted by molar-refractivity contribution is -0.133. The number of nitrogens with zero attached hydrogens (tertiary/aromatic N) is 2. The van der Waals surface area contributed by atoms with E-state index in [0.717, 1.165) is 10.9 Å². The smallest absolute Gasteiger partial charge is 0.322 e. The number of pyridine rings is 1. The molecule has 1 saturated carbocycles. The zero-order valence-electron chi connectivity index (χ0n) is 22.5. The summed E-state index contributed by atoms with van der Waals surface area (Å²) < 4.78 is 25.0. The van der Waals surface area contributed by atoms with Gasteiger partial charge in [0.2, 0.25) is 0 Å². The van der Waals surface area contributed by atoms with E-state index >= 15 is 0 Å². The molecule has 41 heavy (non-hydrogen) atoms. The number of anilines is 1.